The average molecular weight is 386 g/mol. The predicted octanol–water partition coefficient (Wildman–Crippen LogP) is 2.87. The van der Waals surface area contributed by atoms with Crippen LogP contribution in [-0.4, -0.2) is 54.1 Å². The number of thioether (sulfide) groups is 1. The van der Waals surface area contributed by atoms with E-state index in [1.807, 2.05) is 42.5 Å². The van der Waals surface area contributed by atoms with Crippen molar-refractivity contribution in [1.29, 1.82) is 0 Å². The van der Waals surface area contributed by atoms with Crippen molar-refractivity contribution in [2.75, 3.05) is 26.1 Å². The predicted molar refractivity (Wildman–Crippen MR) is 106 cm³/mol. The largest absolute Gasteiger partial charge is 0.460 e. The van der Waals surface area contributed by atoms with E-state index in [2.05, 4.69) is 4.99 Å². The first-order valence-electron chi connectivity index (χ1n) is 8.75. The Morgan fingerprint density at radius 3 is 2.85 bits per heavy atom. The molecule has 0 aromatic heterocycles. The van der Waals surface area contributed by atoms with E-state index >= 15 is 0 Å². The zero-order valence-electron chi connectivity index (χ0n) is 15.4. The van der Waals surface area contributed by atoms with Crippen LogP contribution in [0.25, 0.3) is 6.08 Å². The van der Waals surface area contributed by atoms with Crippen molar-refractivity contribution >= 4 is 34.9 Å². The van der Waals surface area contributed by atoms with Gasteiger partial charge in [-0.2, -0.15) is 0 Å². The molecule has 1 aromatic carbocycles. The summed E-state index contributed by atoms with van der Waals surface area (Å²) in [5.74, 6) is 0.188. The number of ether oxygens (including phenoxy) is 2. The number of hydrogen-bond donors (Lipinski definition) is 0. The minimum Gasteiger partial charge on any atom is -0.460 e. The van der Waals surface area contributed by atoms with Crippen LogP contribution in [0.5, 0.6) is 0 Å². The second-order valence-corrected chi connectivity index (χ2v) is 7.16. The molecule has 2 aliphatic heterocycles. The van der Waals surface area contributed by atoms with Crippen LogP contribution in [0.1, 0.15) is 18.9 Å². The lowest BCUT2D eigenvalue weighted by molar-refractivity contribution is -0.141. The first-order chi connectivity index (χ1) is 13.1. The van der Waals surface area contributed by atoms with Gasteiger partial charge in [-0.3, -0.25) is 9.69 Å². The van der Waals surface area contributed by atoms with Crippen LogP contribution in [0.15, 0.2) is 52.7 Å². The van der Waals surface area contributed by atoms with Gasteiger partial charge in [0.25, 0.3) is 0 Å². The van der Waals surface area contributed by atoms with Gasteiger partial charge >= 0.3 is 5.97 Å². The number of esters is 1. The SMILES string of the molecule is COCCOC(=O)C1=C(C)N=C2SCCC(=O)N2[C@H]1/C=C/c1ccccc1. The highest BCUT2D eigenvalue weighted by atomic mass is 32.2. The lowest BCUT2D eigenvalue weighted by atomic mass is 10.00. The number of aliphatic imine (C=N–C) groups is 1. The highest BCUT2D eigenvalue weighted by Gasteiger charge is 2.39. The fourth-order valence-corrected chi connectivity index (χ4v) is 3.96. The minimum atomic E-state index is -0.534. The number of benzene rings is 1. The molecule has 6 nitrogen and oxygen atoms in total. The number of fused-ring (bicyclic) bond motifs is 1. The van der Waals surface area contributed by atoms with Crippen LogP contribution in [-0.2, 0) is 19.1 Å². The number of amides is 1. The van der Waals surface area contributed by atoms with Gasteiger partial charge in [-0.15, -0.1) is 0 Å². The molecule has 0 bridgehead atoms. The number of nitrogens with zero attached hydrogens (tertiary/aromatic N) is 2. The zero-order valence-corrected chi connectivity index (χ0v) is 16.2. The molecule has 27 heavy (non-hydrogen) atoms. The van der Waals surface area contributed by atoms with Crippen molar-refractivity contribution in [3.8, 4) is 0 Å². The molecule has 0 unspecified atom stereocenters. The quantitative estimate of drug-likeness (QED) is 0.555. The van der Waals surface area contributed by atoms with E-state index in [0.717, 1.165) is 5.56 Å². The maximum Gasteiger partial charge on any atom is 0.338 e. The zero-order chi connectivity index (χ0) is 19.2. The van der Waals surface area contributed by atoms with Crippen molar-refractivity contribution in [3.05, 3.63) is 53.2 Å². The molecule has 1 fully saturated rings. The van der Waals surface area contributed by atoms with Gasteiger partial charge in [0.2, 0.25) is 5.91 Å². The summed E-state index contributed by atoms with van der Waals surface area (Å²) in [6.07, 6.45) is 4.20. The van der Waals surface area contributed by atoms with E-state index in [0.29, 0.717) is 35.2 Å². The Bertz CT molecular complexity index is 801. The molecular weight excluding hydrogens is 364 g/mol. The third kappa shape index (κ3) is 4.48. The molecule has 2 aliphatic rings. The molecule has 1 atom stereocenters. The third-order valence-electron chi connectivity index (χ3n) is 4.26. The minimum absolute atomic E-state index is 0.0371. The number of methoxy groups -OCH3 is 1. The Morgan fingerprint density at radius 1 is 1.33 bits per heavy atom. The molecule has 0 aliphatic carbocycles. The fourth-order valence-electron chi connectivity index (χ4n) is 2.95. The summed E-state index contributed by atoms with van der Waals surface area (Å²) in [6.45, 7) is 2.25. The molecule has 1 aromatic rings. The third-order valence-corrected chi connectivity index (χ3v) is 5.21. The van der Waals surface area contributed by atoms with Crippen LogP contribution in [0.4, 0.5) is 0 Å². The Morgan fingerprint density at radius 2 is 2.11 bits per heavy atom. The summed E-state index contributed by atoms with van der Waals surface area (Å²) >= 11 is 1.53. The number of hydrogen-bond acceptors (Lipinski definition) is 6. The molecule has 7 heteroatoms. The highest BCUT2D eigenvalue weighted by Crippen LogP contribution is 2.32. The molecule has 142 valence electrons. The van der Waals surface area contributed by atoms with Crippen LogP contribution < -0.4 is 0 Å². The molecule has 0 radical (unpaired) electrons. The topological polar surface area (TPSA) is 68.2 Å². The normalized spacial score (nSPS) is 19.9. The van der Waals surface area contributed by atoms with E-state index in [1.54, 1.807) is 18.9 Å². The Kier molecular flexibility index (Phi) is 6.47. The smallest absolute Gasteiger partial charge is 0.338 e. The highest BCUT2D eigenvalue weighted by molar-refractivity contribution is 8.14. The summed E-state index contributed by atoms with van der Waals surface area (Å²) in [5, 5.41) is 0.639. The van der Waals surface area contributed by atoms with Gasteiger partial charge < -0.3 is 9.47 Å². The van der Waals surface area contributed by atoms with Crippen LogP contribution in [0.2, 0.25) is 0 Å². The Labute approximate surface area is 162 Å². The van der Waals surface area contributed by atoms with E-state index in [9.17, 15) is 9.59 Å². The van der Waals surface area contributed by atoms with Gasteiger partial charge in [-0.25, -0.2) is 9.79 Å². The molecule has 0 N–H and O–H groups in total. The van der Waals surface area contributed by atoms with Gasteiger partial charge in [0.05, 0.1) is 23.9 Å². The van der Waals surface area contributed by atoms with Crippen LogP contribution in [0.3, 0.4) is 0 Å². The first kappa shape index (κ1) is 19.4. The monoisotopic (exact) mass is 386 g/mol. The van der Waals surface area contributed by atoms with Gasteiger partial charge in [0, 0.05) is 19.3 Å². The van der Waals surface area contributed by atoms with Crippen LogP contribution >= 0.6 is 11.8 Å². The number of carbonyl (C=O) groups excluding carboxylic acids is 2. The maximum absolute atomic E-state index is 12.7. The summed E-state index contributed by atoms with van der Waals surface area (Å²) in [7, 11) is 1.55. The van der Waals surface area contributed by atoms with Gasteiger partial charge in [0.15, 0.2) is 5.17 Å². The summed E-state index contributed by atoms with van der Waals surface area (Å²) in [4.78, 5) is 31.4. The van der Waals surface area contributed by atoms with Crippen molar-refractivity contribution in [2.45, 2.75) is 19.4 Å². The Balaban J connectivity index is 1.95. The number of allylic oxidation sites excluding steroid dienone is 1. The molecule has 1 saturated heterocycles. The van der Waals surface area contributed by atoms with E-state index in [4.69, 9.17) is 9.47 Å². The molecule has 2 heterocycles. The lowest BCUT2D eigenvalue weighted by Gasteiger charge is -2.37. The Hall–Kier alpha value is -2.38. The van der Waals surface area contributed by atoms with Gasteiger partial charge in [0.1, 0.15) is 6.61 Å². The lowest BCUT2D eigenvalue weighted by Crippen LogP contribution is -2.49. The summed E-state index contributed by atoms with van der Waals surface area (Å²) in [5.41, 5.74) is 1.95. The van der Waals surface area contributed by atoms with Gasteiger partial charge in [-0.05, 0) is 12.5 Å². The summed E-state index contributed by atoms with van der Waals surface area (Å²) in [6, 6.07) is 9.22. The van der Waals surface area contributed by atoms with Gasteiger partial charge in [-0.1, -0.05) is 54.2 Å². The van der Waals surface area contributed by atoms with E-state index in [1.165, 1.54) is 11.8 Å². The fraction of sp³-hybridized carbons (Fsp3) is 0.350. The average Bonchev–Trinajstić information content (AvgIpc) is 2.66. The maximum atomic E-state index is 12.7. The standard InChI is InChI=1S/C20H22N2O4S/c1-14-18(19(24)26-12-11-25-2)16(9-8-15-6-4-3-5-7-15)22-17(23)10-13-27-20(22)21-14/h3-9,16H,10-13H2,1-2H3/b9-8+/t16-/m0/s1. The molecule has 0 spiro atoms. The van der Waals surface area contributed by atoms with Crippen molar-refractivity contribution < 1.29 is 19.1 Å². The number of rotatable bonds is 6. The van der Waals surface area contributed by atoms with Crippen LogP contribution in [0, 0.1) is 0 Å². The van der Waals surface area contributed by atoms with Crippen molar-refractivity contribution in [1.82, 2.24) is 4.90 Å². The van der Waals surface area contributed by atoms with E-state index in [-0.39, 0.29) is 12.5 Å². The van der Waals surface area contributed by atoms with E-state index < -0.39 is 12.0 Å². The first-order valence-corrected chi connectivity index (χ1v) is 9.74. The second-order valence-electron chi connectivity index (χ2n) is 6.10. The number of carbonyl (C=O) groups is 2. The molecular formula is C20H22N2O4S. The summed E-state index contributed by atoms with van der Waals surface area (Å²) < 4.78 is 10.3. The second kappa shape index (κ2) is 9.01. The molecule has 3 rings (SSSR count). The van der Waals surface area contributed by atoms with Crippen molar-refractivity contribution in [3.63, 3.8) is 0 Å². The molecule has 1 amide bonds. The number of amidine groups is 1. The van der Waals surface area contributed by atoms with Crippen molar-refractivity contribution in [2.24, 2.45) is 4.99 Å². The molecule has 0 saturated carbocycles.